The number of halogens is 1. The molecule has 4 nitrogen and oxygen atoms in total. The Balaban J connectivity index is 2.55. The van der Waals surface area contributed by atoms with Crippen LogP contribution in [0.4, 0.5) is 5.69 Å². The molecule has 0 saturated heterocycles. The molecule has 0 heterocycles. The maximum Gasteiger partial charge on any atom is 0.253 e. The van der Waals surface area contributed by atoms with Crippen LogP contribution >= 0.6 is 15.9 Å². The predicted molar refractivity (Wildman–Crippen MR) is 79.0 cm³/mol. The summed E-state index contributed by atoms with van der Waals surface area (Å²) in [5.74, 6) is -0.206. The average molecular weight is 333 g/mol. The summed E-state index contributed by atoms with van der Waals surface area (Å²) in [4.78, 5) is 11.9. The van der Waals surface area contributed by atoms with E-state index in [-0.39, 0.29) is 11.2 Å². The lowest BCUT2D eigenvalue weighted by Crippen LogP contribution is -2.28. The Morgan fingerprint density at radius 1 is 1.56 bits per heavy atom. The van der Waals surface area contributed by atoms with Crippen molar-refractivity contribution in [2.45, 2.75) is 18.6 Å². The topological polar surface area (TPSA) is 72.2 Å². The zero-order valence-electron chi connectivity index (χ0n) is 10.4. The highest BCUT2D eigenvalue weighted by atomic mass is 79.9. The zero-order chi connectivity index (χ0) is 13.7. The molecule has 100 valence electrons. The Labute approximate surface area is 118 Å². The molecule has 0 bridgehead atoms. The number of nitrogens with one attached hydrogen (secondary N) is 1. The van der Waals surface area contributed by atoms with Gasteiger partial charge >= 0.3 is 0 Å². The van der Waals surface area contributed by atoms with Crippen LogP contribution in [0.3, 0.4) is 0 Å². The second-order valence-electron chi connectivity index (χ2n) is 4.09. The number of hydrogen-bond acceptors (Lipinski definition) is 3. The first kappa shape index (κ1) is 15.2. The van der Waals surface area contributed by atoms with Crippen LogP contribution in [0.5, 0.6) is 0 Å². The van der Waals surface area contributed by atoms with E-state index in [4.69, 9.17) is 5.73 Å². The molecule has 1 aromatic carbocycles. The summed E-state index contributed by atoms with van der Waals surface area (Å²) < 4.78 is 12.0. The van der Waals surface area contributed by atoms with Crippen LogP contribution in [0, 0.1) is 0 Å². The summed E-state index contributed by atoms with van der Waals surface area (Å²) in [6.45, 7) is 2.39. The maximum absolute atomic E-state index is 11.9. The Morgan fingerprint density at radius 2 is 2.22 bits per heavy atom. The minimum Gasteiger partial charge on any atom is -0.398 e. The van der Waals surface area contributed by atoms with Crippen molar-refractivity contribution in [3.63, 3.8) is 0 Å². The van der Waals surface area contributed by atoms with E-state index in [1.807, 2.05) is 6.92 Å². The fourth-order valence-corrected chi connectivity index (χ4v) is 2.19. The van der Waals surface area contributed by atoms with Gasteiger partial charge in [0, 0.05) is 39.0 Å². The molecule has 0 aliphatic heterocycles. The molecule has 1 aromatic rings. The minimum atomic E-state index is -0.861. The number of hydrogen-bond donors (Lipinski definition) is 2. The van der Waals surface area contributed by atoms with Crippen molar-refractivity contribution in [2.75, 3.05) is 18.5 Å². The fraction of sp³-hybridized carbons (Fsp3) is 0.417. The number of anilines is 1. The standard InChI is InChI=1S/C12H17BrN2O2S/c1-8(18(2)17)5-6-15-12(16)10-7-9(13)3-4-11(10)14/h3-4,7-8H,5-6,14H2,1-2H3,(H,15,16). The smallest absolute Gasteiger partial charge is 0.253 e. The number of amides is 1. The van der Waals surface area contributed by atoms with Gasteiger partial charge in [-0.15, -0.1) is 0 Å². The summed E-state index contributed by atoms with van der Waals surface area (Å²) in [6.07, 6.45) is 2.35. The molecule has 0 aromatic heterocycles. The Morgan fingerprint density at radius 3 is 2.83 bits per heavy atom. The summed E-state index contributed by atoms with van der Waals surface area (Å²) in [5, 5.41) is 2.85. The van der Waals surface area contributed by atoms with Crippen LogP contribution in [0.2, 0.25) is 0 Å². The van der Waals surface area contributed by atoms with Crippen molar-refractivity contribution < 1.29 is 9.00 Å². The van der Waals surface area contributed by atoms with Gasteiger partial charge in [0.25, 0.3) is 5.91 Å². The van der Waals surface area contributed by atoms with Crippen LogP contribution in [-0.2, 0) is 10.8 Å². The molecule has 0 fully saturated rings. The molecular formula is C12H17BrN2O2S. The van der Waals surface area contributed by atoms with E-state index >= 15 is 0 Å². The molecular weight excluding hydrogens is 316 g/mol. The third kappa shape index (κ3) is 4.42. The Kier molecular flexibility index (Phi) is 5.81. The van der Waals surface area contributed by atoms with Crippen LogP contribution < -0.4 is 11.1 Å². The van der Waals surface area contributed by atoms with Gasteiger partial charge in [0.05, 0.1) is 5.56 Å². The normalized spacial score (nSPS) is 13.9. The van der Waals surface area contributed by atoms with E-state index in [1.165, 1.54) is 0 Å². The van der Waals surface area contributed by atoms with Gasteiger partial charge in [0.1, 0.15) is 0 Å². The van der Waals surface area contributed by atoms with Crippen molar-refractivity contribution >= 4 is 38.3 Å². The monoisotopic (exact) mass is 332 g/mol. The van der Waals surface area contributed by atoms with Crippen LogP contribution in [0.15, 0.2) is 22.7 Å². The summed E-state index contributed by atoms with van der Waals surface area (Å²) in [7, 11) is -0.861. The maximum atomic E-state index is 11.9. The lowest BCUT2D eigenvalue weighted by molar-refractivity contribution is 0.0954. The number of benzene rings is 1. The first-order chi connectivity index (χ1) is 8.41. The van der Waals surface area contributed by atoms with Gasteiger partial charge in [-0.3, -0.25) is 9.00 Å². The van der Waals surface area contributed by atoms with Crippen LogP contribution in [0.1, 0.15) is 23.7 Å². The Bertz CT molecular complexity index is 465. The van der Waals surface area contributed by atoms with Crippen molar-refractivity contribution in [3.8, 4) is 0 Å². The fourth-order valence-electron chi connectivity index (χ4n) is 1.38. The molecule has 3 N–H and O–H groups in total. The van der Waals surface area contributed by atoms with Gasteiger partial charge in [-0.2, -0.15) is 0 Å². The van der Waals surface area contributed by atoms with Crippen molar-refractivity contribution in [3.05, 3.63) is 28.2 Å². The highest BCUT2D eigenvalue weighted by Gasteiger charge is 2.11. The first-order valence-electron chi connectivity index (χ1n) is 5.57. The van der Waals surface area contributed by atoms with E-state index in [0.717, 1.165) is 4.47 Å². The van der Waals surface area contributed by atoms with Crippen molar-refractivity contribution in [1.82, 2.24) is 5.32 Å². The molecule has 18 heavy (non-hydrogen) atoms. The van der Waals surface area contributed by atoms with Gasteiger partial charge in [-0.25, -0.2) is 0 Å². The molecule has 1 amide bonds. The van der Waals surface area contributed by atoms with Crippen molar-refractivity contribution in [2.24, 2.45) is 0 Å². The molecule has 0 aliphatic rings. The third-order valence-corrected chi connectivity index (χ3v) is 4.53. The van der Waals surface area contributed by atoms with Gasteiger partial charge in [0.2, 0.25) is 0 Å². The SMILES string of the molecule is CC(CCNC(=O)c1cc(Br)ccc1N)S(C)=O. The van der Waals surface area contributed by atoms with Gasteiger partial charge in [-0.05, 0) is 24.6 Å². The second-order valence-corrected chi connectivity index (χ2v) is 6.80. The molecule has 0 aliphatic carbocycles. The quantitative estimate of drug-likeness (QED) is 0.809. The Hall–Kier alpha value is -0.880. The molecule has 6 heteroatoms. The van der Waals surface area contributed by atoms with E-state index in [0.29, 0.717) is 24.2 Å². The molecule has 2 unspecified atom stereocenters. The largest absolute Gasteiger partial charge is 0.398 e. The van der Waals surface area contributed by atoms with E-state index in [2.05, 4.69) is 21.2 Å². The number of carbonyl (C=O) groups excluding carboxylic acids is 1. The van der Waals surface area contributed by atoms with E-state index in [1.54, 1.807) is 24.5 Å². The molecule has 0 saturated carbocycles. The number of rotatable bonds is 5. The lowest BCUT2D eigenvalue weighted by Gasteiger charge is -2.10. The number of nitrogen functional groups attached to an aromatic ring is 1. The molecule has 2 atom stereocenters. The van der Waals surface area contributed by atoms with Crippen LogP contribution in [-0.4, -0.2) is 28.2 Å². The molecule has 1 rings (SSSR count). The van der Waals surface area contributed by atoms with Gasteiger partial charge < -0.3 is 11.1 Å². The van der Waals surface area contributed by atoms with E-state index in [9.17, 15) is 9.00 Å². The summed E-state index contributed by atoms with van der Waals surface area (Å²) in [6, 6.07) is 5.16. The molecule has 0 radical (unpaired) electrons. The summed E-state index contributed by atoms with van der Waals surface area (Å²) in [5.41, 5.74) is 6.64. The van der Waals surface area contributed by atoms with Gasteiger partial charge in [-0.1, -0.05) is 22.9 Å². The second kappa shape index (κ2) is 6.89. The lowest BCUT2D eigenvalue weighted by atomic mass is 10.1. The summed E-state index contributed by atoms with van der Waals surface area (Å²) >= 11 is 3.30. The zero-order valence-corrected chi connectivity index (χ0v) is 12.8. The number of nitrogens with two attached hydrogens (primary N) is 1. The third-order valence-electron chi connectivity index (χ3n) is 2.66. The molecule has 0 spiro atoms. The predicted octanol–water partition coefficient (Wildman–Crippen LogP) is 1.92. The van der Waals surface area contributed by atoms with Crippen LogP contribution in [0.25, 0.3) is 0 Å². The average Bonchev–Trinajstić information content (AvgIpc) is 2.31. The highest BCUT2D eigenvalue weighted by molar-refractivity contribution is 9.10. The number of carbonyl (C=O) groups is 1. The van der Waals surface area contributed by atoms with E-state index < -0.39 is 10.8 Å². The highest BCUT2D eigenvalue weighted by Crippen LogP contribution is 2.18. The first-order valence-corrected chi connectivity index (χ1v) is 7.98. The van der Waals surface area contributed by atoms with Crippen molar-refractivity contribution in [1.29, 1.82) is 0 Å². The van der Waals surface area contributed by atoms with Gasteiger partial charge in [0.15, 0.2) is 0 Å². The minimum absolute atomic E-state index is 0.0742.